The van der Waals surface area contributed by atoms with Gasteiger partial charge in [0, 0.05) is 29.4 Å². The fourth-order valence-electron chi connectivity index (χ4n) is 2.15. The van der Waals surface area contributed by atoms with Crippen LogP contribution in [0.25, 0.3) is 0 Å². The number of anilines is 1. The first kappa shape index (κ1) is 19.4. The molecule has 0 aliphatic rings. The SMILES string of the molecule is COC(=O)C(=N)c1ccc(C(F)(F)F)cc1NCc1ccc(F)cc1F. The van der Waals surface area contributed by atoms with E-state index < -0.39 is 35.1 Å². The molecule has 0 bridgehead atoms. The minimum absolute atomic E-state index is 0.000592. The Hall–Kier alpha value is -2.97. The first-order chi connectivity index (χ1) is 12.1. The van der Waals surface area contributed by atoms with Gasteiger partial charge < -0.3 is 10.1 Å². The molecule has 2 N–H and O–H groups in total. The number of halogens is 5. The smallest absolute Gasteiger partial charge is 0.416 e. The second-order valence-corrected chi connectivity index (χ2v) is 5.21. The highest BCUT2D eigenvalue weighted by Crippen LogP contribution is 2.32. The van der Waals surface area contributed by atoms with E-state index >= 15 is 0 Å². The van der Waals surface area contributed by atoms with Crippen molar-refractivity contribution in [3.63, 3.8) is 0 Å². The maximum Gasteiger partial charge on any atom is 0.416 e. The van der Waals surface area contributed by atoms with Crippen molar-refractivity contribution < 1.29 is 31.5 Å². The Balaban J connectivity index is 2.39. The Morgan fingerprint density at radius 1 is 1.15 bits per heavy atom. The summed E-state index contributed by atoms with van der Waals surface area (Å²) in [5.41, 5.74) is -2.03. The van der Waals surface area contributed by atoms with E-state index in [1.807, 2.05) is 0 Å². The molecule has 0 unspecified atom stereocenters. The monoisotopic (exact) mass is 372 g/mol. The third kappa shape index (κ3) is 4.35. The molecule has 0 spiro atoms. The van der Waals surface area contributed by atoms with E-state index in [0.29, 0.717) is 12.1 Å². The second kappa shape index (κ2) is 7.51. The Labute approximate surface area is 145 Å². The fraction of sp³-hybridized carbons (Fsp3) is 0.176. The quantitative estimate of drug-likeness (QED) is 0.471. The minimum Gasteiger partial charge on any atom is -0.464 e. The van der Waals surface area contributed by atoms with Crippen molar-refractivity contribution in [2.45, 2.75) is 12.7 Å². The number of carbonyl (C=O) groups excluding carboxylic acids is 1. The lowest BCUT2D eigenvalue weighted by Crippen LogP contribution is -2.19. The summed E-state index contributed by atoms with van der Waals surface area (Å²) in [7, 11) is 1.03. The van der Waals surface area contributed by atoms with Gasteiger partial charge in [-0.1, -0.05) is 6.07 Å². The Kier molecular flexibility index (Phi) is 5.59. The van der Waals surface area contributed by atoms with E-state index in [1.54, 1.807) is 0 Å². The number of esters is 1. The summed E-state index contributed by atoms with van der Waals surface area (Å²) in [6.07, 6.45) is -4.65. The van der Waals surface area contributed by atoms with Crippen LogP contribution in [0.1, 0.15) is 16.7 Å². The Bertz CT molecular complexity index is 850. The summed E-state index contributed by atoms with van der Waals surface area (Å²) in [4.78, 5) is 11.5. The summed E-state index contributed by atoms with van der Waals surface area (Å²) >= 11 is 0. The highest BCUT2D eigenvalue weighted by atomic mass is 19.4. The van der Waals surface area contributed by atoms with Gasteiger partial charge in [0.15, 0.2) is 0 Å². The number of rotatable bonds is 5. The lowest BCUT2D eigenvalue weighted by Gasteiger charge is -2.15. The molecule has 0 heterocycles. The molecule has 26 heavy (non-hydrogen) atoms. The molecule has 2 aromatic rings. The van der Waals surface area contributed by atoms with Gasteiger partial charge in [-0.25, -0.2) is 13.6 Å². The number of nitrogens with one attached hydrogen (secondary N) is 2. The number of ether oxygens (including phenoxy) is 1. The van der Waals surface area contributed by atoms with Gasteiger partial charge in [0.1, 0.15) is 17.3 Å². The zero-order valence-electron chi connectivity index (χ0n) is 13.4. The predicted molar refractivity (Wildman–Crippen MR) is 84.0 cm³/mol. The van der Waals surface area contributed by atoms with Crippen molar-refractivity contribution in [1.29, 1.82) is 5.41 Å². The zero-order valence-corrected chi connectivity index (χ0v) is 13.4. The lowest BCUT2D eigenvalue weighted by atomic mass is 10.0. The third-order valence-electron chi connectivity index (χ3n) is 3.49. The van der Waals surface area contributed by atoms with Crippen molar-refractivity contribution in [1.82, 2.24) is 0 Å². The number of carbonyl (C=O) groups is 1. The van der Waals surface area contributed by atoms with Crippen LogP contribution in [-0.4, -0.2) is 18.8 Å². The van der Waals surface area contributed by atoms with Gasteiger partial charge in [-0.2, -0.15) is 13.2 Å². The van der Waals surface area contributed by atoms with Crippen molar-refractivity contribution in [3.05, 3.63) is 64.7 Å². The van der Waals surface area contributed by atoms with Gasteiger partial charge in [-0.05, 0) is 24.3 Å². The fourth-order valence-corrected chi connectivity index (χ4v) is 2.15. The summed E-state index contributed by atoms with van der Waals surface area (Å²) < 4.78 is 69.8. The second-order valence-electron chi connectivity index (χ2n) is 5.21. The van der Waals surface area contributed by atoms with Gasteiger partial charge in [0.2, 0.25) is 0 Å². The molecule has 0 fully saturated rings. The zero-order chi connectivity index (χ0) is 19.5. The van der Waals surface area contributed by atoms with Crippen molar-refractivity contribution in [2.75, 3.05) is 12.4 Å². The average molecular weight is 372 g/mol. The van der Waals surface area contributed by atoms with Gasteiger partial charge in [-0.15, -0.1) is 0 Å². The van der Waals surface area contributed by atoms with Gasteiger partial charge in [-0.3, -0.25) is 5.41 Å². The van der Waals surface area contributed by atoms with E-state index in [4.69, 9.17) is 5.41 Å². The highest BCUT2D eigenvalue weighted by Gasteiger charge is 2.31. The molecular formula is C17H13F5N2O2. The van der Waals surface area contributed by atoms with E-state index in [0.717, 1.165) is 31.4 Å². The van der Waals surface area contributed by atoms with Crippen LogP contribution in [0, 0.1) is 17.0 Å². The van der Waals surface area contributed by atoms with Gasteiger partial charge >= 0.3 is 12.1 Å². The van der Waals surface area contributed by atoms with Crippen LogP contribution in [0.3, 0.4) is 0 Å². The van der Waals surface area contributed by atoms with Crippen LogP contribution in [0.5, 0.6) is 0 Å². The van der Waals surface area contributed by atoms with Crippen molar-refractivity contribution >= 4 is 17.4 Å². The number of methoxy groups -OCH3 is 1. The summed E-state index contributed by atoms with van der Waals surface area (Å²) in [5.74, 6) is -2.71. The maximum absolute atomic E-state index is 13.7. The Morgan fingerprint density at radius 2 is 1.85 bits per heavy atom. The first-order valence-electron chi connectivity index (χ1n) is 7.19. The molecule has 0 saturated heterocycles. The van der Waals surface area contributed by atoms with Crippen LogP contribution in [0.2, 0.25) is 0 Å². The third-order valence-corrected chi connectivity index (χ3v) is 3.49. The van der Waals surface area contributed by atoms with Gasteiger partial charge in [0.05, 0.1) is 12.7 Å². The average Bonchev–Trinajstić information content (AvgIpc) is 2.58. The first-order valence-corrected chi connectivity index (χ1v) is 7.19. The largest absolute Gasteiger partial charge is 0.464 e. The van der Waals surface area contributed by atoms with Gasteiger partial charge in [0.25, 0.3) is 0 Å². The molecule has 0 aliphatic heterocycles. The topological polar surface area (TPSA) is 62.2 Å². The van der Waals surface area contributed by atoms with Crippen molar-refractivity contribution in [3.8, 4) is 0 Å². The molecule has 0 atom stereocenters. The number of benzene rings is 2. The van der Waals surface area contributed by atoms with Crippen LogP contribution < -0.4 is 5.32 Å². The van der Waals surface area contributed by atoms with Crippen LogP contribution in [0.15, 0.2) is 36.4 Å². The molecule has 0 amide bonds. The van der Waals surface area contributed by atoms with E-state index in [1.165, 1.54) is 0 Å². The van der Waals surface area contributed by atoms with Crippen LogP contribution in [0.4, 0.5) is 27.6 Å². The van der Waals surface area contributed by atoms with E-state index in [9.17, 15) is 26.7 Å². The van der Waals surface area contributed by atoms with E-state index in [2.05, 4.69) is 10.1 Å². The van der Waals surface area contributed by atoms with Crippen LogP contribution in [-0.2, 0) is 22.3 Å². The number of hydrogen-bond acceptors (Lipinski definition) is 4. The number of hydrogen-bond donors (Lipinski definition) is 2. The lowest BCUT2D eigenvalue weighted by molar-refractivity contribution is -0.137. The molecule has 138 valence electrons. The minimum atomic E-state index is -4.65. The summed E-state index contributed by atoms with van der Waals surface area (Å²) in [6, 6.07) is 5.15. The number of alkyl halides is 3. The molecule has 0 saturated carbocycles. The molecule has 4 nitrogen and oxygen atoms in total. The standard InChI is InChI=1S/C17H13F5N2O2/c1-26-16(25)15(23)12-5-3-10(17(20,21)22)6-14(12)24-8-9-2-4-11(18)7-13(9)19/h2-7,23-24H,8H2,1H3. The molecule has 0 radical (unpaired) electrons. The highest BCUT2D eigenvalue weighted by molar-refractivity contribution is 6.43. The molecule has 0 aromatic heterocycles. The molecule has 0 aliphatic carbocycles. The van der Waals surface area contributed by atoms with Crippen LogP contribution >= 0.6 is 0 Å². The molecule has 2 aromatic carbocycles. The Morgan fingerprint density at radius 3 is 2.42 bits per heavy atom. The molecule has 9 heteroatoms. The maximum atomic E-state index is 13.7. The normalized spacial score (nSPS) is 11.2. The van der Waals surface area contributed by atoms with Crippen molar-refractivity contribution in [2.24, 2.45) is 0 Å². The van der Waals surface area contributed by atoms with E-state index in [-0.39, 0.29) is 23.4 Å². The predicted octanol–water partition coefficient (Wildman–Crippen LogP) is 4.14. The molecule has 2 rings (SSSR count). The molecular weight excluding hydrogens is 359 g/mol. The summed E-state index contributed by atoms with van der Waals surface area (Å²) in [5, 5.41) is 10.3. The summed E-state index contributed by atoms with van der Waals surface area (Å²) in [6.45, 7) is -0.283.